The zero-order chi connectivity index (χ0) is 39.7. The van der Waals surface area contributed by atoms with Crippen molar-refractivity contribution in [1.29, 1.82) is 0 Å². The van der Waals surface area contributed by atoms with E-state index in [4.69, 9.17) is 14.2 Å². The summed E-state index contributed by atoms with van der Waals surface area (Å²) in [6.07, 6.45) is 3.78. The average molecular weight is 790 g/mol. The maximum absolute atomic E-state index is 13.1. The van der Waals surface area contributed by atoms with Gasteiger partial charge in [0.15, 0.2) is 6.23 Å². The van der Waals surface area contributed by atoms with Gasteiger partial charge in [-0.1, -0.05) is 6.07 Å². The maximum atomic E-state index is 13.1. The summed E-state index contributed by atoms with van der Waals surface area (Å²) in [7, 11) is 1.20. The highest BCUT2D eigenvalue weighted by Gasteiger charge is 2.45. The van der Waals surface area contributed by atoms with E-state index in [0.29, 0.717) is 54.3 Å². The van der Waals surface area contributed by atoms with Crippen LogP contribution in [0.5, 0.6) is 11.5 Å². The number of nitrogens with zero attached hydrogens (tertiary/aromatic N) is 4. The number of carbonyl (C=O) groups excluding carboxylic acids is 3. The molecule has 2 saturated heterocycles. The molecule has 18 heteroatoms. The van der Waals surface area contributed by atoms with Gasteiger partial charge >= 0.3 is 0 Å². The molecule has 2 aromatic heterocycles. The molecule has 3 amide bonds. The van der Waals surface area contributed by atoms with Gasteiger partial charge in [0, 0.05) is 87.2 Å². The Morgan fingerprint density at radius 1 is 0.982 bits per heavy atom. The van der Waals surface area contributed by atoms with E-state index in [2.05, 4.69) is 20.3 Å². The number of aliphatic hydroxyl groups is 1. The number of benzene rings is 2. The number of methoxy groups -OCH3 is 2. The smallest absolute Gasteiger partial charge is 0.259 e. The number of piperidine rings is 1. The summed E-state index contributed by atoms with van der Waals surface area (Å²) in [6, 6.07) is 9.55. The van der Waals surface area contributed by atoms with Crippen LogP contribution in [0.25, 0.3) is 21.9 Å². The fourth-order valence-electron chi connectivity index (χ4n) is 7.48. The Morgan fingerprint density at radius 3 is 2.43 bits per heavy atom. The van der Waals surface area contributed by atoms with Crippen LogP contribution in [0.3, 0.4) is 0 Å². The van der Waals surface area contributed by atoms with E-state index in [-0.39, 0.29) is 43.7 Å². The summed E-state index contributed by atoms with van der Waals surface area (Å²) >= 11 is 0. The minimum Gasteiger partial charge on any atom is -0.496 e. The van der Waals surface area contributed by atoms with Crippen molar-refractivity contribution < 1.29 is 42.1 Å². The van der Waals surface area contributed by atoms with E-state index in [1.807, 2.05) is 17.0 Å². The molecule has 17 nitrogen and oxygen atoms in total. The van der Waals surface area contributed by atoms with Crippen molar-refractivity contribution in [2.45, 2.75) is 36.9 Å². The second kappa shape index (κ2) is 16.0. The molecule has 296 valence electrons. The standard InChI is InChI=1S/C38H43N7O10S/c1-43-20-27(24-9-10-39-17-26(24)36(43)48)22-15-31(53-2)28(32(16-22)54-3)21-44-18-23(19-44)56(51,52)41-12-14-55-13-11-40-29-6-4-5-25-34(29)38(50)45(37(25)49)30-7-8-33(46)42-35(30)47/h4-6,9-10,15-17,20,23,30,38,40-41,50H,7-8,11-14,18-19,21H2,1-3H3,(H,42,46,47). The first-order valence-electron chi connectivity index (χ1n) is 18.1. The van der Waals surface area contributed by atoms with Gasteiger partial charge in [-0.3, -0.25) is 39.3 Å². The number of likely N-dealkylation sites (tertiary alicyclic amines) is 1. The zero-order valence-electron chi connectivity index (χ0n) is 31.1. The van der Waals surface area contributed by atoms with Gasteiger partial charge in [0.1, 0.15) is 22.8 Å². The maximum Gasteiger partial charge on any atom is 0.259 e. The topological polar surface area (TPSA) is 211 Å². The number of carbonyl (C=O) groups is 3. The van der Waals surface area contributed by atoms with Crippen molar-refractivity contribution in [2.75, 3.05) is 58.9 Å². The van der Waals surface area contributed by atoms with Crippen LogP contribution in [-0.4, -0.2) is 116 Å². The fourth-order valence-corrected chi connectivity index (χ4v) is 8.89. The Labute approximate surface area is 322 Å². The van der Waals surface area contributed by atoms with Crippen molar-refractivity contribution in [3.8, 4) is 22.6 Å². The van der Waals surface area contributed by atoms with Crippen LogP contribution in [0.15, 0.2) is 59.8 Å². The van der Waals surface area contributed by atoms with Crippen LogP contribution in [0, 0.1) is 0 Å². The van der Waals surface area contributed by atoms with E-state index in [0.717, 1.165) is 27.0 Å². The monoisotopic (exact) mass is 789 g/mol. The lowest BCUT2D eigenvalue weighted by Gasteiger charge is -2.39. The van der Waals surface area contributed by atoms with E-state index in [9.17, 15) is 32.7 Å². The highest BCUT2D eigenvalue weighted by Crippen LogP contribution is 2.40. The molecule has 2 unspecified atom stereocenters. The van der Waals surface area contributed by atoms with Crippen LogP contribution in [0.1, 0.15) is 40.6 Å². The van der Waals surface area contributed by atoms with Gasteiger partial charge in [0.25, 0.3) is 11.5 Å². The molecule has 0 bridgehead atoms. The molecule has 0 aliphatic carbocycles. The summed E-state index contributed by atoms with van der Waals surface area (Å²) in [6.45, 7) is 1.72. The van der Waals surface area contributed by atoms with Crippen LogP contribution < -0.4 is 30.4 Å². The second-order valence-corrected chi connectivity index (χ2v) is 15.9. The first-order chi connectivity index (χ1) is 26.9. The largest absolute Gasteiger partial charge is 0.496 e. The molecule has 2 atom stereocenters. The predicted molar refractivity (Wildman–Crippen MR) is 205 cm³/mol. The van der Waals surface area contributed by atoms with E-state index < -0.39 is 45.3 Å². The second-order valence-electron chi connectivity index (χ2n) is 13.9. The van der Waals surface area contributed by atoms with Crippen molar-refractivity contribution in [2.24, 2.45) is 7.05 Å². The van der Waals surface area contributed by atoms with Gasteiger partial charge < -0.3 is 29.2 Å². The van der Waals surface area contributed by atoms with Crippen molar-refractivity contribution in [3.05, 3.63) is 82.0 Å². The number of anilines is 1. The van der Waals surface area contributed by atoms with Gasteiger partial charge in [-0.2, -0.15) is 0 Å². The number of hydrogen-bond acceptors (Lipinski definition) is 13. The highest BCUT2D eigenvalue weighted by atomic mass is 32.2. The molecule has 5 heterocycles. The quantitative estimate of drug-likeness (QED) is 0.0984. The van der Waals surface area contributed by atoms with Gasteiger partial charge in [-0.15, -0.1) is 0 Å². The molecule has 4 aromatic rings. The van der Waals surface area contributed by atoms with Gasteiger partial charge in [-0.25, -0.2) is 13.1 Å². The summed E-state index contributed by atoms with van der Waals surface area (Å²) in [5, 5.41) is 17.1. The van der Waals surface area contributed by atoms with E-state index in [1.165, 1.54) is 4.57 Å². The molecule has 0 radical (unpaired) electrons. The summed E-state index contributed by atoms with van der Waals surface area (Å²) in [4.78, 5) is 57.1. The minimum atomic E-state index is -3.62. The third-order valence-electron chi connectivity index (χ3n) is 10.4. The Balaban J connectivity index is 0.882. The number of sulfonamides is 1. The lowest BCUT2D eigenvalue weighted by molar-refractivity contribution is -0.139. The zero-order valence-corrected chi connectivity index (χ0v) is 31.9. The number of imide groups is 1. The molecule has 3 aliphatic rings. The van der Waals surface area contributed by atoms with Crippen molar-refractivity contribution in [3.63, 3.8) is 0 Å². The van der Waals surface area contributed by atoms with Gasteiger partial charge in [0.05, 0.1) is 38.4 Å². The number of hydrogen-bond donors (Lipinski definition) is 4. The number of aryl methyl sites for hydroxylation is 1. The number of amides is 3. The number of aromatic nitrogens is 2. The first-order valence-corrected chi connectivity index (χ1v) is 19.6. The number of ether oxygens (including phenoxy) is 3. The Hall–Kier alpha value is -5.40. The Bertz CT molecular complexity index is 2340. The predicted octanol–water partition coefficient (Wildman–Crippen LogP) is 1.10. The summed E-state index contributed by atoms with van der Waals surface area (Å²) < 4.78 is 47.4. The number of aliphatic hydroxyl groups excluding tert-OH is 1. The SMILES string of the molecule is COc1cc(-c2cn(C)c(=O)c3cnccc23)cc(OC)c1CN1CC(S(=O)(=O)NCCOCCNc2cccc3c2C(O)N(C2CCC(=O)NC2=O)C3=O)C1. The van der Waals surface area contributed by atoms with Crippen molar-refractivity contribution >= 4 is 44.2 Å². The van der Waals surface area contributed by atoms with E-state index >= 15 is 0 Å². The van der Waals surface area contributed by atoms with Crippen LogP contribution in [-0.2, 0) is 37.9 Å². The summed E-state index contributed by atoms with van der Waals surface area (Å²) in [5.41, 5.74) is 3.32. The van der Waals surface area contributed by atoms with Crippen LogP contribution >= 0.6 is 0 Å². The van der Waals surface area contributed by atoms with Gasteiger partial charge in [0.2, 0.25) is 21.8 Å². The van der Waals surface area contributed by atoms with Gasteiger partial charge in [-0.05, 0) is 47.7 Å². The van der Waals surface area contributed by atoms with E-state index in [1.54, 1.807) is 64.1 Å². The first kappa shape index (κ1) is 38.9. The molecule has 0 saturated carbocycles. The number of fused-ring (bicyclic) bond motifs is 2. The number of pyridine rings is 2. The third kappa shape index (κ3) is 7.45. The molecule has 2 fully saturated rings. The molecule has 2 aromatic carbocycles. The minimum absolute atomic E-state index is 0.0702. The fraction of sp³-hybridized carbons (Fsp3) is 0.395. The Morgan fingerprint density at radius 2 is 1.71 bits per heavy atom. The highest BCUT2D eigenvalue weighted by molar-refractivity contribution is 7.90. The third-order valence-corrected chi connectivity index (χ3v) is 12.2. The molecular formula is C38H43N7O10S. The molecule has 3 aliphatic heterocycles. The van der Waals surface area contributed by atoms with Crippen LogP contribution in [0.2, 0.25) is 0 Å². The molecule has 56 heavy (non-hydrogen) atoms. The molecule has 4 N–H and O–H groups in total. The number of rotatable bonds is 15. The van der Waals surface area contributed by atoms with Crippen molar-refractivity contribution in [1.82, 2.24) is 29.4 Å². The molecular weight excluding hydrogens is 747 g/mol. The average Bonchev–Trinajstić information content (AvgIpc) is 3.42. The number of nitrogens with one attached hydrogen (secondary N) is 3. The lowest BCUT2D eigenvalue weighted by atomic mass is 9.98. The normalized spacial score (nSPS) is 18.9. The van der Waals surface area contributed by atoms with Crippen LogP contribution in [0.4, 0.5) is 5.69 Å². The Kier molecular flexibility index (Phi) is 11.1. The summed E-state index contributed by atoms with van der Waals surface area (Å²) in [5.74, 6) is -0.390. The lowest BCUT2D eigenvalue weighted by Crippen LogP contribution is -2.57. The molecule has 0 spiro atoms. The molecule has 7 rings (SSSR count).